The van der Waals surface area contributed by atoms with E-state index in [1.54, 1.807) is 7.05 Å². The van der Waals surface area contributed by atoms with Gasteiger partial charge in [-0.25, -0.2) is 0 Å². The van der Waals surface area contributed by atoms with Gasteiger partial charge in [0, 0.05) is 19.0 Å². The summed E-state index contributed by atoms with van der Waals surface area (Å²) < 4.78 is 0. The molecule has 68 valence electrons. The summed E-state index contributed by atoms with van der Waals surface area (Å²) in [4.78, 5) is 11.1. The van der Waals surface area contributed by atoms with Crippen molar-refractivity contribution in [3.63, 3.8) is 0 Å². The Morgan fingerprint density at radius 1 is 1.54 bits per heavy atom. The molecule has 0 spiro atoms. The number of hydrogen-bond donors (Lipinski definition) is 1. The van der Waals surface area contributed by atoms with Gasteiger partial charge in [-0.05, 0) is 5.56 Å². The van der Waals surface area contributed by atoms with E-state index in [0.717, 1.165) is 17.4 Å². The van der Waals surface area contributed by atoms with Crippen LogP contribution in [0.5, 0.6) is 0 Å². The molecule has 0 aromatic heterocycles. The minimum Gasteiger partial charge on any atom is -0.379 e. The Hall–Kier alpha value is -1.22. The molecule has 0 atom stereocenters. The fourth-order valence-corrected chi connectivity index (χ4v) is 1.34. The molecule has 0 amide bonds. The van der Waals surface area contributed by atoms with Crippen molar-refractivity contribution in [1.82, 2.24) is 5.32 Å². The van der Waals surface area contributed by atoms with Crippen molar-refractivity contribution in [3.05, 3.63) is 35.4 Å². The standard InChI is InChI=1S/C10H11NOS/c1-11-10(13)9-5-3-2-4-8(9)6-7-12/h2-5,7H,6H2,1H3,(H,11,13). The van der Waals surface area contributed by atoms with E-state index in [4.69, 9.17) is 12.2 Å². The fourth-order valence-electron chi connectivity index (χ4n) is 1.14. The topological polar surface area (TPSA) is 29.1 Å². The van der Waals surface area contributed by atoms with Crippen molar-refractivity contribution in [3.8, 4) is 0 Å². The predicted octanol–water partition coefficient (Wildman–Crippen LogP) is 1.32. The van der Waals surface area contributed by atoms with E-state index in [-0.39, 0.29) is 0 Å². The lowest BCUT2D eigenvalue weighted by Crippen LogP contribution is -2.18. The van der Waals surface area contributed by atoms with Gasteiger partial charge in [0.2, 0.25) is 0 Å². The van der Waals surface area contributed by atoms with Crippen LogP contribution in [0, 0.1) is 0 Å². The molecule has 0 heterocycles. The van der Waals surface area contributed by atoms with Gasteiger partial charge < -0.3 is 10.1 Å². The summed E-state index contributed by atoms with van der Waals surface area (Å²) in [6, 6.07) is 7.64. The lowest BCUT2D eigenvalue weighted by atomic mass is 10.1. The van der Waals surface area contributed by atoms with E-state index in [1.165, 1.54) is 0 Å². The zero-order valence-electron chi connectivity index (χ0n) is 7.41. The number of benzene rings is 1. The Morgan fingerprint density at radius 3 is 2.85 bits per heavy atom. The number of carbonyl (C=O) groups is 1. The van der Waals surface area contributed by atoms with Crippen molar-refractivity contribution >= 4 is 23.5 Å². The van der Waals surface area contributed by atoms with E-state index in [9.17, 15) is 4.79 Å². The maximum absolute atomic E-state index is 10.4. The lowest BCUT2D eigenvalue weighted by Gasteiger charge is -2.07. The van der Waals surface area contributed by atoms with Gasteiger partial charge in [0.05, 0.1) is 0 Å². The van der Waals surface area contributed by atoms with Crippen molar-refractivity contribution < 1.29 is 4.79 Å². The molecule has 3 heteroatoms. The Balaban J connectivity index is 3.03. The van der Waals surface area contributed by atoms with Crippen LogP contribution in [0.1, 0.15) is 11.1 Å². The van der Waals surface area contributed by atoms with Gasteiger partial charge in [0.1, 0.15) is 11.3 Å². The Morgan fingerprint density at radius 2 is 2.23 bits per heavy atom. The number of nitrogens with one attached hydrogen (secondary N) is 1. The average Bonchev–Trinajstić information content (AvgIpc) is 2.18. The maximum atomic E-state index is 10.4. The van der Waals surface area contributed by atoms with Crippen LogP contribution in [-0.2, 0) is 11.2 Å². The van der Waals surface area contributed by atoms with Gasteiger partial charge in [-0.1, -0.05) is 36.5 Å². The Kier molecular flexibility index (Phi) is 3.58. The summed E-state index contributed by atoms with van der Waals surface area (Å²) in [5.74, 6) is 0. The molecule has 0 aliphatic heterocycles. The number of carbonyl (C=O) groups excluding carboxylic acids is 1. The Labute approximate surface area is 83.0 Å². The second kappa shape index (κ2) is 4.72. The van der Waals surface area contributed by atoms with Crippen LogP contribution in [0.15, 0.2) is 24.3 Å². The van der Waals surface area contributed by atoms with Gasteiger partial charge in [-0.15, -0.1) is 0 Å². The molecule has 1 N–H and O–H groups in total. The fraction of sp³-hybridized carbons (Fsp3) is 0.200. The van der Waals surface area contributed by atoms with Crippen molar-refractivity contribution in [1.29, 1.82) is 0 Å². The van der Waals surface area contributed by atoms with Crippen LogP contribution in [0.2, 0.25) is 0 Å². The first-order valence-electron chi connectivity index (χ1n) is 4.03. The quantitative estimate of drug-likeness (QED) is 0.580. The third-order valence-corrected chi connectivity index (χ3v) is 2.22. The molecule has 0 aliphatic carbocycles. The summed E-state index contributed by atoms with van der Waals surface area (Å²) >= 11 is 5.10. The third-order valence-electron chi connectivity index (χ3n) is 1.79. The molecular formula is C10H11NOS. The first-order valence-corrected chi connectivity index (χ1v) is 4.44. The van der Waals surface area contributed by atoms with Crippen molar-refractivity contribution in [2.24, 2.45) is 0 Å². The molecular weight excluding hydrogens is 182 g/mol. The lowest BCUT2D eigenvalue weighted by molar-refractivity contribution is -0.107. The first-order chi connectivity index (χ1) is 6.29. The number of thiocarbonyl (C=S) groups is 1. The number of aldehydes is 1. The second-order valence-corrected chi connectivity index (χ2v) is 3.02. The average molecular weight is 193 g/mol. The number of rotatable bonds is 3. The SMILES string of the molecule is CNC(=S)c1ccccc1CC=O. The molecule has 1 rings (SSSR count). The van der Waals surface area contributed by atoms with Crippen LogP contribution < -0.4 is 5.32 Å². The third kappa shape index (κ3) is 2.36. The van der Waals surface area contributed by atoms with Crippen LogP contribution in [0.4, 0.5) is 0 Å². The molecule has 1 aromatic carbocycles. The zero-order chi connectivity index (χ0) is 9.68. The van der Waals surface area contributed by atoms with Gasteiger partial charge in [-0.2, -0.15) is 0 Å². The van der Waals surface area contributed by atoms with E-state index in [0.29, 0.717) is 11.4 Å². The van der Waals surface area contributed by atoms with Gasteiger partial charge in [0.15, 0.2) is 0 Å². The zero-order valence-corrected chi connectivity index (χ0v) is 8.23. The van der Waals surface area contributed by atoms with Crippen LogP contribution >= 0.6 is 12.2 Å². The maximum Gasteiger partial charge on any atom is 0.124 e. The molecule has 0 bridgehead atoms. The molecule has 2 nitrogen and oxygen atoms in total. The molecule has 0 fully saturated rings. The Bertz CT molecular complexity index is 322. The van der Waals surface area contributed by atoms with E-state index < -0.39 is 0 Å². The van der Waals surface area contributed by atoms with Crippen molar-refractivity contribution in [2.75, 3.05) is 7.05 Å². The van der Waals surface area contributed by atoms with Gasteiger partial charge in [-0.3, -0.25) is 0 Å². The van der Waals surface area contributed by atoms with Gasteiger partial charge in [0.25, 0.3) is 0 Å². The summed E-state index contributed by atoms with van der Waals surface area (Å²) in [6.07, 6.45) is 1.30. The van der Waals surface area contributed by atoms with E-state index >= 15 is 0 Å². The summed E-state index contributed by atoms with van der Waals surface area (Å²) in [5.41, 5.74) is 1.91. The molecule has 0 unspecified atom stereocenters. The summed E-state index contributed by atoms with van der Waals surface area (Å²) in [5, 5.41) is 2.90. The molecule has 1 aromatic rings. The van der Waals surface area contributed by atoms with Gasteiger partial charge >= 0.3 is 0 Å². The molecule has 0 aliphatic rings. The minimum absolute atomic E-state index is 0.415. The van der Waals surface area contributed by atoms with Crippen LogP contribution in [0.3, 0.4) is 0 Å². The molecule has 0 saturated heterocycles. The number of hydrogen-bond acceptors (Lipinski definition) is 2. The molecule has 13 heavy (non-hydrogen) atoms. The van der Waals surface area contributed by atoms with E-state index in [2.05, 4.69) is 5.32 Å². The monoisotopic (exact) mass is 193 g/mol. The minimum atomic E-state index is 0.415. The molecule has 0 radical (unpaired) electrons. The normalized spacial score (nSPS) is 9.31. The smallest absolute Gasteiger partial charge is 0.124 e. The second-order valence-electron chi connectivity index (χ2n) is 2.61. The highest BCUT2D eigenvalue weighted by atomic mass is 32.1. The predicted molar refractivity (Wildman–Crippen MR) is 57.0 cm³/mol. The highest BCUT2D eigenvalue weighted by Crippen LogP contribution is 2.08. The summed E-state index contributed by atoms with van der Waals surface area (Å²) in [7, 11) is 1.78. The molecule has 0 saturated carbocycles. The van der Waals surface area contributed by atoms with Crippen molar-refractivity contribution in [2.45, 2.75) is 6.42 Å². The summed E-state index contributed by atoms with van der Waals surface area (Å²) in [6.45, 7) is 0. The van der Waals surface area contributed by atoms with Crippen LogP contribution in [-0.4, -0.2) is 18.3 Å². The highest BCUT2D eigenvalue weighted by molar-refractivity contribution is 7.80. The van der Waals surface area contributed by atoms with E-state index in [1.807, 2.05) is 24.3 Å². The first kappa shape index (κ1) is 9.86. The van der Waals surface area contributed by atoms with Crippen LogP contribution in [0.25, 0.3) is 0 Å². The largest absolute Gasteiger partial charge is 0.379 e. The highest BCUT2D eigenvalue weighted by Gasteiger charge is 2.03.